The van der Waals surface area contributed by atoms with Gasteiger partial charge in [0.15, 0.2) is 0 Å². The van der Waals surface area contributed by atoms with E-state index in [1.165, 1.54) is 18.4 Å². The molecule has 1 aromatic heterocycles. The first-order chi connectivity index (χ1) is 11.3. The summed E-state index contributed by atoms with van der Waals surface area (Å²) in [6.45, 7) is 5.83. The van der Waals surface area contributed by atoms with E-state index in [4.69, 9.17) is 9.47 Å². The third kappa shape index (κ3) is 3.49. The Morgan fingerprint density at radius 1 is 1.17 bits per heavy atom. The van der Waals surface area contributed by atoms with Gasteiger partial charge in [-0.05, 0) is 31.2 Å². The average Bonchev–Trinajstić information content (AvgIpc) is 2.54. The Bertz CT molecular complexity index is 604. The molecule has 0 radical (unpaired) electrons. The maximum absolute atomic E-state index is 12.2. The zero-order valence-electron chi connectivity index (χ0n) is 13.6. The average molecular weight is 319 g/mol. The molecule has 6 heteroatoms. The Kier molecular flexibility index (Phi) is 4.46. The van der Waals surface area contributed by atoms with Crippen LogP contribution in [0.5, 0.6) is 0 Å². The lowest BCUT2D eigenvalue weighted by atomic mass is 9.96. The van der Waals surface area contributed by atoms with E-state index in [-0.39, 0.29) is 11.7 Å². The number of nitrogens with zero attached hydrogens (tertiary/aromatic N) is 3. The molecule has 2 saturated heterocycles. The fraction of sp³-hybridized carbons (Fsp3) is 0.765. The number of ether oxygens (including phenoxy) is 2. The van der Waals surface area contributed by atoms with Crippen molar-refractivity contribution in [1.82, 2.24) is 14.7 Å². The standard InChI is InChI=1S/C17H25N3O3/c21-17-7-14-3-1-2-4-16(14)18-20(17)10-13-8-19(9-13)11-15-12-22-5-6-23-15/h7,13,15H,1-6,8-12H2. The minimum absolute atomic E-state index is 0.0631. The number of hydrogen-bond donors (Lipinski definition) is 0. The van der Waals surface area contributed by atoms with Gasteiger partial charge in [0.1, 0.15) is 0 Å². The van der Waals surface area contributed by atoms with Crippen molar-refractivity contribution in [2.24, 2.45) is 5.92 Å². The summed E-state index contributed by atoms with van der Waals surface area (Å²) >= 11 is 0. The van der Waals surface area contributed by atoms with E-state index in [0.717, 1.165) is 44.7 Å². The highest BCUT2D eigenvalue weighted by atomic mass is 16.6. The van der Waals surface area contributed by atoms with Crippen LogP contribution in [0, 0.1) is 5.92 Å². The minimum Gasteiger partial charge on any atom is -0.376 e. The lowest BCUT2D eigenvalue weighted by Crippen LogP contribution is -2.53. The van der Waals surface area contributed by atoms with Crippen LogP contribution < -0.4 is 5.56 Å². The number of rotatable bonds is 4. The molecule has 0 amide bonds. The quantitative estimate of drug-likeness (QED) is 0.807. The third-order valence-electron chi connectivity index (χ3n) is 5.08. The molecule has 2 aliphatic heterocycles. The molecule has 6 nitrogen and oxygen atoms in total. The summed E-state index contributed by atoms with van der Waals surface area (Å²) in [7, 11) is 0. The highest BCUT2D eigenvalue weighted by Gasteiger charge is 2.30. The summed E-state index contributed by atoms with van der Waals surface area (Å²) in [5.74, 6) is 0.520. The lowest BCUT2D eigenvalue weighted by Gasteiger charge is -2.41. The Morgan fingerprint density at radius 2 is 2.04 bits per heavy atom. The Hall–Kier alpha value is -1.24. The van der Waals surface area contributed by atoms with E-state index < -0.39 is 0 Å². The Balaban J connectivity index is 1.31. The summed E-state index contributed by atoms with van der Waals surface area (Å²) < 4.78 is 12.8. The van der Waals surface area contributed by atoms with Crippen LogP contribution in [0.4, 0.5) is 0 Å². The van der Waals surface area contributed by atoms with E-state index in [0.29, 0.717) is 25.7 Å². The van der Waals surface area contributed by atoms with E-state index in [2.05, 4.69) is 10.00 Å². The van der Waals surface area contributed by atoms with Crippen LogP contribution >= 0.6 is 0 Å². The zero-order valence-corrected chi connectivity index (χ0v) is 13.6. The lowest BCUT2D eigenvalue weighted by molar-refractivity contribution is -0.107. The summed E-state index contributed by atoms with van der Waals surface area (Å²) in [6, 6.07) is 1.81. The molecule has 1 aliphatic carbocycles. The van der Waals surface area contributed by atoms with E-state index in [1.807, 2.05) is 6.07 Å². The van der Waals surface area contributed by atoms with Crippen molar-refractivity contribution >= 4 is 0 Å². The van der Waals surface area contributed by atoms with Crippen LogP contribution in [-0.2, 0) is 28.9 Å². The highest BCUT2D eigenvalue weighted by Crippen LogP contribution is 2.20. The monoisotopic (exact) mass is 319 g/mol. The number of fused-ring (bicyclic) bond motifs is 1. The fourth-order valence-corrected chi connectivity index (χ4v) is 3.85. The van der Waals surface area contributed by atoms with E-state index in [1.54, 1.807) is 4.68 Å². The first kappa shape index (κ1) is 15.3. The van der Waals surface area contributed by atoms with Crippen molar-refractivity contribution in [3.63, 3.8) is 0 Å². The Labute approximate surface area is 136 Å². The normalized spacial score (nSPS) is 25.8. The van der Waals surface area contributed by atoms with E-state index >= 15 is 0 Å². The molecule has 0 bridgehead atoms. The van der Waals surface area contributed by atoms with Gasteiger partial charge in [0, 0.05) is 31.6 Å². The van der Waals surface area contributed by atoms with E-state index in [9.17, 15) is 4.79 Å². The summed E-state index contributed by atoms with van der Waals surface area (Å²) in [6.07, 6.45) is 4.61. The number of likely N-dealkylation sites (tertiary alicyclic amines) is 1. The molecule has 1 aromatic rings. The first-order valence-corrected chi connectivity index (χ1v) is 8.79. The molecule has 23 heavy (non-hydrogen) atoms. The van der Waals surface area contributed by atoms with Crippen LogP contribution in [0.25, 0.3) is 0 Å². The molecule has 3 heterocycles. The van der Waals surface area contributed by atoms with Crippen molar-refractivity contribution in [2.75, 3.05) is 39.5 Å². The molecule has 0 spiro atoms. The number of hydrogen-bond acceptors (Lipinski definition) is 5. The van der Waals surface area contributed by atoms with Crippen molar-refractivity contribution in [3.8, 4) is 0 Å². The molecule has 0 saturated carbocycles. The molecule has 0 N–H and O–H groups in total. The fourth-order valence-electron chi connectivity index (χ4n) is 3.85. The van der Waals surface area contributed by atoms with Gasteiger partial charge >= 0.3 is 0 Å². The van der Waals surface area contributed by atoms with Gasteiger partial charge in [0.25, 0.3) is 5.56 Å². The first-order valence-electron chi connectivity index (χ1n) is 8.79. The minimum atomic E-state index is 0.0631. The highest BCUT2D eigenvalue weighted by molar-refractivity contribution is 5.20. The van der Waals surface area contributed by atoms with Crippen LogP contribution in [0.15, 0.2) is 10.9 Å². The molecule has 4 rings (SSSR count). The van der Waals surface area contributed by atoms with Gasteiger partial charge in [0.2, 0.25) is 0 Å². The largest absolute Gasteiger partial charge is 0.376 e. The van der Waals surface area contributed by atoms with Crippen LogP contribution in [0.2, 0.25) is 0 Å². The number of aromatic nitrogens is 2. The summed E-state index contributed by atoms with van der Waals surface area (Å²) in [4.78, 5) is 14.6. The molecule has 1 unspecified atom stereocenters. The zero-order chi connectivity index (χ0) is 15.6. The second kappa shape index (κ2) is 6.71. The van der Waals surface area contributed by atoms with Gasteiger partial charge in [0.05, 0.1) is 38.2 Å². The molecule has 1 atom stereocenters. The molecule has 2 fully saturated rings. The molecular weight excluding hydrogens is 294 g/mol. The maximum atomic E-state index is 12.2. The maximum Gasteiger partial charge on any atom is 0.267 e. The Morgan fingerprint density at radius 3 is 2.87 bits per heavy atom. The molecule has 0 aromatic carbocycles. The molecule has 3 aliphatic rings. The predicted octanol–water partition coefficient (Wildman–Crippen LogP) is 0.469. The summed E-state index contributed by atoms with van der Waals surface area (Å²) in [5.41, 5.74) is 2.37. The summed E-state index contributed by atoms with van der Waals surface area (Å²) in [5, 5.41) is 4.62. The van der Waals surface area contributed by atoms with Gasteiger partial charge in [-0.2, -0.15) is 5.10 Å². The van der Waals surface area contributed by atoms with Gasteiger partial charge in [-0.1, -0.05) is 0 Å². The SMILES string of the molecule is O=c1cc2c(nn1CC1CN(CC3COCCO3)C1)CCCC2. The second-order valence-corrected chi connectivity index (χ2v) is 7.00. The van der Waals surface area contributed by atoms with Crippen molar-refractivity contribution in [1.29, 1.82) is 0 Å². The van der Waals surface area contributed by atoms with Crippen LogP contribution in [0.1, 0.15) is 24.1 Å². The smallest absolute Gasteiger partial charge is 0.267 e. The van der Waals surface area contributed by atoms with Crippen LogP contribution in [0.3, 0.4) is 0 Å². The van der Waals surface area contributed by atoms with Crippen molar-refractivity contribution in [3.05, 3.63) is 27.7 Å². The van der Waals surface area contributed by atoms with Crippen LogP contribution in [-0.4, -0.2) is 60.2 Å². The molecular formula is C17H25N3O3. The molecule has 126 valence electrons. The van der Waals surface area contributed by atoms with Gasteiger partial charge in [-0.15, -0.1) is 0 Å². The topological polar surface area (TPSA) is 56.6 Å². The van der Waals surface area contributed by atoms with Gasteiger partial charge in [-0.3, -0.25) is 9.69 Å². The second-order valence-electron chi connectivity index (χ2n) is 7.00. The number of aryl methyl sites for hydroxylation is 2. The third-order valence-corrected chi connectivity index (χ3v) is 5.08. The van der Waals surface area contributed by atoms with Crippen molar-refractivity contribution in [2.45, 2.75) is 38.3 Å². The van der Waals surface area contributed by atoms with Crippen molar-refractivity contribution < 1.29 is 9.47 Å². The predicted molar refractivity (Wildman–Crippen MR) is 85.6 cm³/mol. The van der Waals surface area contributed by atoms with Gasteiger partial charge in [-0.25, -0.2) is 4.68 Å². The van der Waals surface area contributed by atoms with Gasteiger partial charge < -0.3 is 9.47 Å².